The highest BCUT2D eigenvalue weighted by atomic mass is 15.1. The molecule has 5 aromatic carbocycles. The quantitative estimate of drug-likeness (QED) is 0.261. The molecule has 0 aliphatic rings. The third-order valence-corrected chi connectivity index (χ3v) is 6.30. The van der Waals surface area contributed by atoms with E-state index in [1.807, 2.05) is 18.3 Å². The summed E-state index contributed by atoms with van der Waals surface area (Å²) in [7, 11) is 0. The van der Waals surface area contributed by atoms with Crippen LogP contribution in [-0.4, -0.2) is 4.98 Å². The average Bonchev–Trinajstić information content (AvgIpc) is 2.94. The summed E-state index contributed by atoms with van der Waals surface area (Å²) in [6.07, 6.45) is 1.89. The molecule has 0 saturated heterocycles. The molecule has 35 heavy (non-hydrogen) atoms. The van der Waals surface area contributed by atoms with E-state index in [0.717, 1.165) is 28.3 Å². The van der Waals surface area contributed by atoms with Crippen LogP contribution in [0.15, 0.2) is 146 Å². The van der Waals surface area contributed by atoms with E-state index >= 15 is 0 Å². The molecule has 1 heterocycles. The fourth-order valence-corrected chi connectivity index (χ4v) is 4.60. The van der Waals surface area contributed by atoms with Gasteiger partial charge >= 0.3 is 0 Å². The van der Waals surface area contributed by atoms with Crippen molar-refractivity contribution >= 4 is 27.8 Å². The lowest BCUT2D eigenvalue weighted by atomic mass is 9.98. The van der Waals surface area contributed by atoms with E-state index in [4.69, 9.17) is 4.98 Å². The van der Waals surface area contributed by atoms with Crippen molar-refractivity contribution in [3.63, 3.8) is 0 Å². The number of hydrogen-bond donors (Lipinski definition) is 0. The molecule has 0 amide bonds. The fraction of sp³-hybridized carbons (Fsp3) is 0. The van der Waals surface area contributed by atoms with Gasteiger partial charge in [0.15, 0.2) is 0 Å². The Hall–Kier alpha value is -4.69. The van der Waals surface area contributed by atoms with Crippen molar-refractivity contribution in [1.82, 2.24) is 4.98 Å². The monoisotopic (exact) mass is 448 g/mol. The number of anilines is 3. The largest absolute Gasteiger partial charge is 0.311 e. The second-order valence-corrected chi connectivity index (χ2v) is 8.51. The van der Waals surface area contributed by atoms with Crippen molar-refractivity contribution in [2.45, 2.75) is 0 Å². The van der Waals surface area contributed by atoms with Crippen molar-refractivity contribution < 1.29 is 0 Å². The molecule has 0 N–H and O–H groups in total. The Morgan fingerprint density at radius 1 is 0.429 bits per heavy atom. The summed E-state index contributed by atoms with van der Waals surface area (Å²) in [5.41, 5.74) is 7.88. The lowest BCUT2D eigenvalue weighted by molar-refractivity contribution is 1.28. The van der Waals surface area contributed by atoms with Gasteiger partial charge in [-0.1, -0.05) is 91.0 Å². The van der Waals surface area contributed by atoms with Gasteiger partial charge in [0.2, 0.25) is 0 Å². The average molecular weight is 449 g/mol. The zero-order valence-electron chi connectivity index (χ0n) is 19.3. The van der Waals surface area contributed by atoms with Gasteiger partial charge in [-0.15, -0.1) is 0 Å². The van der Waals surface area contributed by atoms with Crippen LogP contribution in [0, 0.1) is 0 Å². The van der Waals surface area contributed by atoms with Crippen molar-refractivity contribution in [2.75, 3.05) is 4.90 Å². The van der Waals surface area contributed by atoms with Gasteiger partial charge < -0.3 is 4.90 Å². The predicted octanol–water partition coefficient (Wildman–Crippen LogP) is 9.04. The molecule has 0 aliphatic heterocycles. The third kappa shape index (κ3) is 4.18. The Labute approximate surface area is 205 Å². The van der Waals surface area contributed by atoms with Crippen molar-refractivity contribution in [3.8, 4) is 22.4 Å². The maximum Gasteiger partial charge on any atom is 0.0780 e. The van der Waals surface area contributed by atoms with E-state index in [1.54, 1.807) is 0 Å². The van der Waals surface area contributed by atoms with Crippen LogP contribution in [0.3, 0.4) is 0 Å². The van der Waals surface area contributed by atoms with E-state index in [9.17, 15) is 0 Å². The number of aromatic nitrogens is 1. The zero-order valence-corrected chi connectivity index (χ0v) is 19.3. The molecule has 0 atom stereocenters. The molecule has 0 unspecified atom stereocenters. The van der Waals surface area contributed by atoms with Crippen molar-refractivity contribution in [2.24, 2.45) is 0 Å². The van der Waals surface area contributed by atoms with E-state index < -0.39 is 0 Å². The second kappa shape index (κ2) is 9.28. The van der Waals surface area contributed by atoms with Crippen LogP contribution in [0.2, 0.25) is 0 Å². The van der Waals surface area contributed by atoms with Crippen LogP contribution in [-0.2, 0) is 0 Å². The normalized spacial score (nSPS) is 10.9. The smallest absolute Gasteiger partial charge is 0.0780 e. The molecule has 1 aromatic heterocycles. The predicted molar refractivity (Wildman–Crippen MR) is 147 cm³/mol. The zero-order chi connectivity index (χ0) is 23.5. The Morgan fingerprint density at radius 3 is 1.74 bits per heavy atom. The number of para-hydroxylation sites is 2. The molecular formula is C33H24N2. The molecular weight excluding hydrogens is 424 g/mol. The van der Waals surface area contributed by atoms with E-state index in [0.29, 0.717) is 0 Å². The minimum absolute atomic E-state index is 1.01. The number of hydrogen-bond acceptors (Lipinski definition) is 2. The first kappa shape index (κ1) is 20.9. The minimum Gasteiger partial charge on any atom is -0.311 e. The Morgan fingerprint density at radius 2 is 1.03 bits per heavy atom. The summed E-state index contributed by atoms with van der Waals surface area (Å²) in [6, 6.07) is 48.9. The summed E-state index contributed by atoms with van der Waals surface area (Å²) in [6.45, 7) is 0. The molecule has 0 spiro atoms. The van der Waals surface area contributed by atoms with Crippen LogP contribution in [0.5, 0.6) is 0 Å². The standard InChI is InChI=1S/C33H24N2/c1-3-13-29(14-4-1)35(30-15-5-2-6-16-30)31-20-18-25(19-21-31)27-11-9-12-28(24-27)33-32-17-8-7-10-26(32)22-23-34-33/h1-24H. The van der Waals surface area contributed by atoms with Crippen LogP contribution >= 0.6 is 0 Å². The summed E-state index contributed by atoms with van der Waals surface area (Å²) in [5, 5.41) is 2.37. The van der Waals surface area contributed by atoms with Gasteiger partial charge in [-0.05, 0) is 65.0 Å². The van der Waals surface area contributed by atoms with Gasteiger partial charge in [0, 0.05) is 34.2 Å². The lowest BCUT2D eigenvalue weighted by Crippen LogP contribution is -2.09. The van der Waals surface area contributed by atoms with Crippen LogP contribution in [0.25, 0.3) is 33.2 Å². The molecule has 6 aromatic rings. The van der Waals surface area contributed by atoms with Gasteiger partial charge in [0.25, 0.3) is 0 Å². The number of fused-ring (bicyclic) bond motifs is 1. The molecule has 2 heteroatoms. The highest BCUT2D eigenvalue weighted by Crippen LogP contribution is 2.36. The molecule has 6 rings (SSSR count). The highest BCUT2D eigenvalue weighted by Gasteiger charge is 2.12. The second-order valence-electron chi connectivity index (χ2n) is 8.51. The molecule has 0 saturated carbocycles. The number of rotatable bonds is 5. The van der Waals surface area contributed by atoms with Gasteiger partial charge in [0.05, 0.1) is 5.69 Å². The number of nitrogens with zero attached hydrogens (tertiary/aromatic N) is 2. The maximum absolute atomic E-state index is 4.71. The Kier molecular flexibility index (Phi) is 5.54. The first-order valence-corrected chi connectivity index (χ1v) is 11.8. The minimum atomic E-state index is 1.01. The molecule has 0 bridgehead atoms. The van der Waals surface area contributed by atoms with Gasteiger partial charge in [-0.25, -0.2) is 0 Å². The van der Waals surface area contributed by atoms with Crippen molar-refractivity contribution in [3.05, 3.63) is 146 Å². The number of pyridine rings is 1. The summed E-state index contributed by atoms with van der Waals surface area (Å²) >= 11 is 0. The summed E-state index contributed by atoms with van der Waals surface area (Å²) in [5.74, 6) is 0. The molecule has 0 aliphatic carbocycles. The topological polar surface area (TPSA) is 16.1 Å². The fourth-order valence-electron chi connectivity index (χ4n) is 4.60. The van der Waals surface area contributed by atoms with Gasteiger partial charge in [0.1, 0.15) is 0 Å². The third-order valence-electron chi connectivity index (χ3n) is 6.30. The SMILES string of the molecule is c1ccc(N(c2ccccc2)c2ccc(-c3cccc(-c4nccc5ccccc45)c3)cc2)cc1. The van der Waals surface area contributed by atoms with E-state index in [1.165, 1.54) is 21.9 Å². The Bertz CT molecular complexity index is 1530. The van der Waals surface area contributed by atoms with Crippen LogP contribution in [0.4, 0.5) is 17.1 Å². The highest BCUT2D eigenvalue weighted by molar-refractivity contribution is 5.95. The molecule has 2 nitrogen and oxygen atoms in total. The first-order valence-electron chi connectivity index (χ1n) is 11.8. The van der Waals surface area contributed by atoms with Gasteiger partial charge in [-0.2, -0.15) is 0 Å². The lowest BCUT2D eigenvalue weighted by Gasteiger charge is -2.25. The molecule has 0 radical (unpaired) electrons. The number of benzene rings is 5. The van der Waals surface area contributed by atoms with E-state index in [2.05, 4.69) is 132 Å². The van der Waals surface area contributed by atoms with Gasteiger partial charge in [-0.3, -0.25) is 4.98 Å². The Balaban J connectivity index is 1.38. The maximum atomic E-state index is 4.71. The van der Waals surface area contributed by atoms with Crippen molar-refractivity contribution in [1.29, 1.82) is 0 Å². The van der Waals surface area contributed by atoms with Crippen LogP contribution < -0.4 is 4.90 Å². The summed E-state index contributed by atoms with van der Waals surface area (Å²) < 4.78 is 0. The van der Waals surface area contributed by atoms with E-state index in [-0.39, 0.29) is 0 Å². The van der Waals surface area contributed by atoms with Crippen LogP contribution in [0.1, 0.15) is 0 Å². The molecule has 166 valence electrons. The first-order chi connectivity index (χ1) is 17.4. The molecule has 0 fully saturated rings. The summed E-state index contributed by atoms with van der Waals surface area (Å²) in [4.78, 5) is 6.99.